The Morgan fingerprint density at radius 1 is 1.50 bits per heavy atom. The highest BCUT2D eigenvalue weighted by Crippen LogP contribution is 2.13. The summed E-state index contributed by atoms with van der Waals surface area (Å²) < 4.78 is 0. The summed E-state index contributed by atoms with van der Waals surface area (Å²) in [6.45, 7) is 3.14. The Labute approximate surface area is 72.4 Å². The summed E-state index contributed by atoms with van der Waals surface area (Å²) in [5.74, 6) is 0.623. The van der Waals surface area contributed by atoms with E-state index in [1.807, 2.05) is 18.5 Å². The van der Waals surface area contributed by atoms with E-state index in [2.05, 4.69) is 23.0 Å². The third kappa shape index (κ3) is 1.37. The van der Waals surface area contributed by atoms with Crippen LogP contribution < -0.4 is 0 Å². The van der Waals surface area contributed by atoms with Gasteiger partial charge in [-0.05, 0) is 18.4 Å². The van der Waals surface area contributed by atoms with Crippen LogP contribution >= 0.6 is 0 Å². The number of fused-ring (bicyclic) bond motifs is 1. The average Bonchev–Trinajstić information content (AvgIpc) is 2.25. The molecule has 2 heterocycles. The molecule has 0 bridgehead atoms. The Morgan fingerprint density at radius 3 is 3.33 bits per heavy atom. The van der Waals surface area contributed by atoms with Crippen LogP contribution in [0.1, 0.15) is 18.2 Å². The van der Waals surface area contributed by atoms with Crippen molar-refractivity contribution in [2.45, 2.75) is 13.3 Å². The summed E-state index contributed by atoms with van der Waals surface area (Å²) in [6, 6.07) is 4.03. The molecule has 0 saturated carbocycles. The standard InChI is InChI=1S/C10H12N2/c1-8-5-10-9(7-11-6-8)3-2-4-12-10/h2-4,7-8H,5-6H2,1H3. The first kappa shape index (κ1) is 7.47. The number of aromatic nitrogens is 1. The summed E-state index contributed by atoms with van der Waals surface area (Å²) in [6.07, 6.45) is 4.84. The zero-order valence-corrected chi connectivity index (χ0v) is 7.20. The predicted molar refractivity (Wildman–Crippen MR) is 49.6 cm³/mol. The fraction of sp³-hybridized carbons (Fsp3) is 0.400. The molecule has 0 amide bonds. The molecule has 12 heavy (non-hydrogen) atoms. The number of rotatable bonds is 0. The molecule has 1 aliphatic heterocycles. The zero-order valence-electron chi connectivity index (χ0n) is 7.20. The van der Waals surface area contributed by atoms with Crippen molar-refractivity contribution in [1.29, 1.82) is 0 Å². The monoisotopic (exact) mass is 160 g/mol. The average molecular weight is 160 g/mol. The maximum absolute atomic E-state index is 4.34. The normalized spacial score (nSPS) is 21.6. The lowest BCUT2D eigenvalue weighted by Gasteiger charge is -2.05. The van der Waals surface area contributed by atoms with Crippen LogP contribution in [0.15, 0.2) is 23.3 Å². The van der Waals surface area contributed by atoms with Crippen molar-refractivity contribution in [3.63, 3.8) is 0 Å². The van der Waals surface area contributed by atoms with Crippen LogP contribution in [0.3, 0.4) is 0 Å². The summed E-state index contributed by atoms with van der Waals surface area (Å²) in [5.41, 5.74) is 2.37. The Morgan fingerprint density at radius 2 is 2.42 bits per heavy atom. The number of aliphatic imine (C=N–C) groups is 1. The van der Waals surface area contributed by atoms with Crippen molar-refractivity contribution >= 4 is 6.21 Å². The van der Waals surface area contributed by atoms with E-state index in [-0.39, 0.29) is 0 Å². The lowest BCUT2D eigenvalue weighted by molar-refractivity contribution is 0.591. The van der Waals surface area contributed by atoms with Gasteiger partial charge in [0, 0.05) is 30.2 Å². The molecule has 2 rings (SSSR count). The second-order valence-electron chi connectivity index (χ2n) is 3.34. The Kier molecular flexibility index (Phi) is 1.90. The molecule has 0 N–H and O–H groups in total. The third-order valence-electron chi connectivity index (χ3n) is 2.11. The van der Waals surface area contributed by atoms with Crippen molar-refractivity contribution < 1.29 is 0 Å². The fourth-order valence-corrected chi connectivity index (χ4v) is 1.46. The van der Waals surface area contributed by atoms with Gasteiger partial charge in [-0.15, -0.1) is 0 Å². The van der Waals surface area contributed by atoms with Gasteiger partial charge in [0.05, 0.1) is 0 Å². The van der Waals surface area contributed by atoms with Gasteiger partial charge in [0.25, 0.3) is 0 Å². The minimum Gasteiger partial charge on any atom is -0.292 e. The van der Waals surface area contributed by atoms with Crippen LogP contribution in [-0.4, -0.2) is 17.7 Å². The molecule has 0 saturated heterocycles. The van der Waals surface area contributed by atoms with Crippen molar-refractivity contribution in [1.82, 2.24) is 4.98 Å². The van der Waals surface area contributed by atoms with Crippen molar-refractivity contribution in [2.24, 2.45) is 10.9 Å². The first-order chi connectivity index (χ1) is 5.86. The van der Waals surface area contributed by atoms with Crippen molar-refractivity contribution in [2.75, 3.05) is 6.54 Å². The van der Waals surface area contributed by atoms with Gasteiger partial charge in [-0.25, -0.2) is 0 Å². The van der Waals surface area contributed by atoms with E-state index in [4.69, 9.17) is 0 Å². The summed E-state index contributed by atoms with van der Waals surface area (Å²) in [4.78, 5) is 8.67. The molecule has 2 heteroatoms. The highest BCUT2D eigenvalue weighted by atomic mass is 14.7. The molecule has 1 aromatic rings. The molecule has 0 radical (unpaired) electrons. The van der Waals surface area contributed by atoms with Gasteiger partial charge in [0.1, 0.15) is 0 Å². The van der Waals surface area contributed by atoms with Gasteiger partial charge >= 0.3 is 0 Å². The van der Waals surface area contributed by atoms with Crippen molar-refractivity contribution in [3.05, 3.63) is 29.6 Å². The Hall–Kier alpha value is -1.18. The quantitative estimate of drug-likeness (QED) is 0.567. The van der Waals surface area contributed by atoms with E-state index >= 15 is 0 Å². The van der Waals surface area contributed by atoms with Gasteiger partial charge in [-0.2, -0.15) is 0 Å². The maximum Gasteiger partial charge on any atom is 0.0494 e. The largest absolute Gasteiger partial charge is 0.292 e. The minimum absolute atomic E-state index is 0.623. The van der Waals surface area contributed by atoms with Crippen molar-refractivity contribution in [3.8, 4) is 0 Å². The van der Waals surface area contributed by atoms with Gasteiger partial charge in [-0.3, -0.25) is 9.98 Å². The molecule has 0 aliphatic carbocycles. The molecule has 0 aromatic carbocycles. The molecule has 0 fully saturated rings. The maximum atomic E-state index is 4.34. The van der Waals surface area contributed by atoms with E-state index in [0.29, 0.717) is 5.92 Å². The number of hydrogen-bond donors (Lipinski definition) is 0. The van der Waals surface area contributed by atoms with Crippen LogP contribution in [0.5, 0.6) is 0 Å². The molecule has 1 atom stereocenters. The molecule has 0 spiro atoms. The molecule has 62 valence electrons. The second-order valence-corrected chi connectivity index (χ2v) is 3.34. The van der Waals surface area contributed by atoms with Crippen LogP contribution in [0.4, 0.5) is 0 Å². The highest BCUT2D eigenvalue weighted by molar-refractivity contribution is 5.81. The van der Waals surface area contributed by atoms with E-state index < -0.39 is 0 Å². The van der Waals surface area contributed by atoms with Gasteiger partial charge < -0.3 is 0 Å². The van der Waals surface area contributed by atoms with E-state index in [1.165, 1.54) is 11.3 Å². The van der Waals surface area contributed by atoms with Crippen LogP contribution in [-0.2, 0) is 6.42 Å². The first-order valence-electron chi connectivity index (χ1n) is 4.30. The second kappa shape index (κ2) is 3.05. The molecule has 1 aliphatic rings. The van der Waals surface area contributed by atoms with E-state index in [9.17, 15) is 0 Å². The molecule has 1 aromatic heterocycles. The minimum atomic E-state index is 0.623. The Bertz CT molecular complexity index is 304. The fourth-order valence-electron chi connectivity index (χ4n) is 1.46. The van der Waals surface area contributed by atoms with E-state index in [0.717, 1.165) is 13.0 Å². The number of pyridine rings is 1. The predicted octanol–water partition coefficient (Wildman–Crippen LogP) is 1.69. The van der Waals surface area contributed by atoms with Crippen LogP contribution in [0.2, 0.25) is 0 Å². The topological polar surface area (TPSA) is 25.2 Å². The lowest BCUT2D eigenvalue weighted by atomic mass is 10.0. The molecule has 2 nitrogen and oxygen atoms in total. The zero-order chi connectivity index (χ0) is 8.39. The summed E-state index contributed by atoms with van der Waals surface area (Å²) in [5, 5.41) is 0. The number of nitrogens with zero attached hydrogens (tertiary/aromatic N) is 2. The third-order valence-corrected chi connectivity index (χ3v) is 2.11. The lowest BCUT2D eigenvalue weighted by Crippen LogP contribution is -2.03. The smallest absolute Gasteiger partial charge is 0.0494 e. The van der Waals surface area contributed by atoms with E-state index in [1.54, 1.807) is 0 Å². The molecular formula is C10H12N2. The summed E-state index contributed by atoms with van der Waals surface area (Å²) >= 11 is 0. The highest BCUT2D eigenvalue weighted by Gasteiger charge is 2.09. The SMILES string of the molecule is CC1CN=Cc2cccnc2C1. The van der Waals surface area contributed by atoms with Crippen LogP contribution in [0.25, 0.3) is 0 Å². The Balaban J connectivity index is 2.41. The van der Waals surface area contributed by atoms with Gasteiger partial charge in [0.2, 0.25) is 0 Å². The first-order valence-corrected chi connectivity index (χ1v) is 4.30. The van der Waals surface area contributed by atoms with Gasteiger partial charge in [0.15, 0.2) is 0 Å². The molecule has 1 unspecified atom stereocenters. The van der Waals surface area contributed by atoms with Gasteiger partial charge in [-0.1, -0.05) is 13.0 Å². The van der Waals surface area contributed by atoms with Crippen LogP contribution in [0, 0.1) is 5.92 Å². The number of hydrogen-bond acceptors (Lipinski definition) is 2. The summed E-state index contributed by atoms with van der Waals surface area (Å²) in [7, 11) is 0. The molecular weight excluding hydrogens is 148 g/mol.